The first-order chi connectivity index (χ1) is 20.3. The van der Waals surface area contributed by atoms with Crippen LogP contribution in [0.1, 0.15) is 16.9 Å². The van der Waals surface area contributed by atoms with Gasteiger partial charge in [0, 0.05) is 39.4 Å². The molecule has 5 aromatic carbocycles. The van der Waals surface area contributed by atoms with E-state index in [0.717, 1.165) is 60.9 Å². The number of fused-ring (bicyclic) bond motifs is 4. The molecule has 1 aliphatic rings. The lowest BCUT2D eigenvalue weighted by Crippen LogP contribution is -2.12. The van der Waals surface area contributed by atoms with Crippen molar-refractivity contribution in [2.24, 2.45) is 0 Å². The predicted molar refractivity (Wildman–Crippen MR) is 164 cm³/mol. The normalized spacial score (nSPS) is 12.6. The number of hydrogen-bond donors (Lipinski definition) is 1. The topological polar surface area (TPSA) is 63.8 Å². The van der Waals surface area contributed by atoms with Crippen molar-refractivity contribution < 1.29 is 4.42 Å². The summed E-state index contributed by atoms with van der Waals surface area (Å²) in [7, 11) is 0. The van der Waals surface area contributed by atoms with Crippen molar-refractivity contribution in [2.75, 3.05) is 0 Å². The van der Waals surface area contributed by atoms with Gasteiger partial charge in [-0.05, 0) is 28.5 Å². The number of para-hydroxylation sites is 1. The van der Waals surface area contributed by atoms with Crippen molar-refractivity contribution in [3.63, 3.8) is 0 Å². The van der Waals surface area contributed by atoms with Crippen LogP contribution in [0, 0.1) is 0 Å². The summed E-state index contributed by atoms with van der Waals surface area (Å²) in [5.74, 6) is 2.90. The second-order valence-corrected chi connectivity index (χ2v) is 10.1. The quantitative estimate of drug-likeness (QED) is 0.249. The van der Waals surface area contributed by atoms with E-state index in [1.807, 2.05) is 72.8 Å². The Morgan fingerprint density at radius 1 is 0.512 bits per heavy atom. The van der Waals surface area contributed by atoms with Crippen LogP contribution in [0.2, 0.25) is 0 Å². The molecule has 0 unspecified atom stereocenters. The van der Waals surface area contributed by atoms with Crippen molar-refractivity contribution in [1.29, 1.82) is 0 Å². The zero-order valence-electron chi connectivity index (χ0n) is 22.1. The molecule has 5 nitrogen and oxygen atoms in total. The highest BCUT2D eigenvalue weighted by atomic mass is 16.3. The minimum Gasteiger partial charge on any atom is -0.459 e. The molecule has 1 aliphatic heterocycles. The van der Waals surface area contributed by atoms with Gasteiger partial charge in [0.25, 0.3) is 0 Å². The lowest BCUT2D eigenvalue weighted by molar-refractivity contribution is 0.531. The van der Waals surface area contributed by atoms with Gasteiger partial charge in [-0.2, -0.15) is 0 Å². The summed E-state index contributed by atoms with van der Waals surface area (Å²) in [5.41, 5.74) is 7.16. The number of benzene rings is 5. The number of furan rings is 1. The highest BCUT2D eigenvalue weighted by Gasteiger charge is 2.24. The summed E-state index contributed by atoms with van der Waals surface area (Å²) < 4.78 is 6.23. The number of aromatic nitrogens is 3. The molecule has 0 fully saturated rings. The summed E-state index contributed by atoms with van der Waals surface area (Å²) in [5, 5.41) is 6.75. The van der Waals surface area contributed by atoms with E-state index in [0.29, 0.717) is 24.0 Å². The zero-order valence-corrected chi connectivity index (χ0v) is 22.1. The Balaban J connectivity index is 1.34. The molecule has 5 heteroatoms. The fraction of sp³-hybridized carbons (Fsp3) is 0.0278. The Morgan fingerprint density at radius 2 is 1.05 bits per heavy atom. The predicted octanol–water partition coefficient (Wildman–Crippen LogP) is 8.26. The van der Waals surface area contributed by atoms with Gasteiger partial charge in [-0.25, -0.2) is 15.0 Å². The zero-order chi connectivity index (χ0) is 27.2. The molecule has 8 rings (SSSR count). The van der Waals surface area contributed by atoms with E-state index in [1.54, 1.807) is 0 Å². The van der Waals surface area contributed by atoms with Gasteiger partial charge in [0.2, 0.25) is 0 Å². The van der Waals surface area contributed by atoms with Gasteiger partial charge in [-0.3, -0.25) is 0 Å². The van der Waals surface area contributed by atoms with Crippen molar-refractivity contribution >= 4 is 27.3 Å². The van der Waals surface area contributed by atoms with E-state index in [2.05, 4.69) is 60.0 Å². The molecule has 0 radical (unpaired) electrons. The van der Waals surface area contributed by atoms with Gasteiger partial charge in [-0.1, -0.05) is 109 Å². The molecular formula is C36H24N4O. The third kappa shape index (κ3) is 3.98. The van der Waals surface area contributed by atoms with E-state index < -0.39 is 0 Å². The standard InChI is InChI=1S/C36H24N4O/c1-3-11-23(12-4-1)34-38-35(24-13-5-2-6-14-24)40-36(39-34)28-20-19-27(25-15-7-8-16-26(25)28)30-21-37-22-32-33(30)29-17-9-10-18-31(29)41-32/h1-21,37H,22H2. The highest BCUT2D eigenvalue weighted by molar-refractivity contribution is 6.07. The number of nitrogens with zero attached hydrogens (tertiary/aromatic N) is 3. The lowest BCUT2D eigenvalue weighted by atomic mass is 9.89. The first-order valence-corrected chi connectivity index (χ1v) is 13.7. The number of nitrogens with one attached hydrogen (secondary N) is 1. The largest absolute Gasteiger partial charge is 0.459 e. The highest BCUT2D eigenvalue weighted by Crippen LogP contribution is 2.41. The van der Waals surface area contributed by atoms with Crippen LogP contribution in [0.3, 0.4) is 0 Å². The average molecular weight is 529 g/mol. The third-order valence-corrected chi connectivity index (χ3v) is 7.60. The molecule has 194 valence electrons. The van der Waals surface area contributed by atoms with E-state index >= 15 is 0 Å². The first-order valence-electron chi connectivity index (χ1n) is 13.7. The van der Waals surface area contributed by atoms with Crippen LogP contribution in [0.15, 0.2) is 132 Å². The van der Waals surface area contributed by atoms with E-state index in [1.165, 1.54) is 0 Å². The average Bonchev–Trinajstić information content (AvgIpc) is 3.44. The molecule has 3 heterocycles. The van der Waals surface area contributed by atoms with Crippen LogP contribution >= 0.6 is 0 Å². The lowest BCUT2D eigenvalue weighted by Gasteiger charge is -2.18. The smallest absolute Gasteiger partial charge is 0.164 e. The second-order valence-electron chi connectivity index (χ2n) is 10.1. The van der Waals surface area contributed by atoms with Crippen LogP contribution < -0.4 is 5.32 Å². The fourth-order valence-electron chi connectivity index (χ4n) is 5.70. The van der Waals surface area contributed by atoms with Gasteiger partial charge < -0.3 is 9.73 Å². The minimum atomic E-state index is 0.644. The van der Waals surface area contributed by atoms with Gasteiger partial charge in [0.15, 0.2) is 17.5 Å². The fourth-order valence-corrected chi connectivity index (χ4v) is 5.70. The maximum Gasteiger partial charge on any atom is 0.164 e. The SMILES string of the molecule is C1=C(c2ccc(-c3nc(-c4ccccc4)nc(-c4ccccc4)n3)c3ccccc23)c2c(oc3ccccc23)CN1. The van der Waals surface area contributed by atoms with E-state index in [-0.39, 0.29) is 0 Å². The van der Waals surface area contributed by atoms with Gasteiger partial charge in [0.1, 0.15) is 11.3 Å². The van der Waals surface area contributed by atoms with Gasteiger partial charge >= 0.3 is 0 Å². The minimum absolute atomic E-state index is 0.644. The van der Waals surface area contributed by atoms with Gasteiger partial charge in [0.05, 0.1) is 6.54 Å². The first kappa shape index (κ1) is 23.3. The summed E-state index contributed by atoms with van der Waals surface area (Å²) in [4.78, 5) is 14.9. The van der Waals surface area contributed by atoms with Gasteiger partial charge in [-0.15, -0.1) is 0 Å². The molecule has 0 amide bonds. The molecular weight excluding hydrogens is 504 g/mol. The summed E-state index contributed by atoms with van der Waals surface area (Å²) in [6, 6.07) is 41.2. The van der Waals surface area contributed by atoms with Crippen molar-refractivity contribution in [1.82, 2.24) is 20.3 Å². The molecule has 0 spiro atoms. The Bertz CT molecular complexity index is 2040. The molecule has 0 atom stereocenters. The molecule has 0 saturated carbocycles. The van der Waals surface area contributed by atoms with Crippen LogP contribution in [0.5, 0.6) is 0 Å². The molecule has 41 heavy (non-hydrogen) atoms. The molecule has 0 aliphatic carbocycles. The summed E-state index contributed by atoms with van der Waals surface area (Å²) in [6.07, 6.45) is 2.11. The van der Waals surface area contributed by atoms with Crippen LogP contribution in [-0.4, -0.2) is 15.0 Å². The Morgan fingerprint density at radius 3 is 1.73 bits per heavy atom. The molecule has 1 N–H and O–H groups in total. The molecule has 2 aromatic heterocycles. The van der Waals surface area contributed by atoms with Crippen molar-refractivity contribution in [2.45, 2.75) is 6.54 Å². The summed E-state index contributed by atoms with van der Waals surface area (Å²) in [6.45, 7) is 0.666. The Labute approximate surface area is 236 Å². The maximum atomic E-state index is 6.23. The summed E-state index contributed by atoms with van der Waals surface area (Å²) >= 11 is 0. The van der Waals surface area contributed by atoms with Crippen LogP contribution in [-0.2, 0) is 6.54 Å². The number of rotatable bonds is 4. The Kier molecular flexibility index (Phi) is 5.45. The maximum absolute atomic E-state index is 6.23. The third-order valence-electron chi connectivity index (χ3n) is 7.60. The molecule has 0 bridgehead atoms. The van der Waals surface area contributed by atoms with Crippen LogP contribution in [0.4, 0.5) is 0 Å². The number of hydrogen-bond acceptors (Lipinski definition) is 5. The molecule has 0 saturated heterocycles. The van der Waals surface area contributed by atoms with Crippen molar-refractivity contribution in [3.8, 4) is 34.2 Å². The van der Waals surface area contributed by atoms with Crippen LogP contribution in [0.25, 0.3) is 61.5 Å². The Hall–Kier alpha value is -5.55. The van der Waals surface area contributed by atoms with E-state index in [4.69, 9.17) is 19.4 Å². The monoisotopic (exact) mass is 528 g/mol. The molecule has 7 aromatic rings. The van der Waals surface area contributed by atoms with Crippen molar-refractivity contribution in [3.05, 3.63) is 144 Å². The van der Waals surface area contributed by atoms with E-state index in [9.17, 15) is 0 Å². The second kappa shape index (κ2) is 9.57.